The summed E-state index contributed by atoms with van der Waals surface area (Å²) in [7, 11) is 0. The molecule has 0 heterocycles. The summed E-state index contributed by atoms with van der Waals surface area (Å²) in [5.74, 6) is 3.01. The van der Waals surface area contributed by atoms with E-state index in [1.54, 1.807) is 0 Å². The summed E-state index contributed by atoms with van der Waals surface area (Å²) in [6.45, 7) is 6.85. The van der Waals surface area contributed by atoms with Gasteiger partial charge in [-0.15, -0.1) is 0 Å². The fourth-order valence-corrected chi connectivity index (χ4v) is 0.822. The first-order valence-corrected chi connectivity index (χ1v) is 4.85. The Bertz CT molecular complexity index is 130. The average Bonchev–Trinajstić information content (AvgIpc) is 2.10. The molecule has 0 rings (SSSR count). The highest BCUT2D eigenvalue weighted by Gasteiger charge is 1.83. The lowest BCUT2D eigenvalue weighted by Gasteiger charge is -1.92. The zero-order valence-corrected chi connectivity index (χ0v) is 8.10. The number of nitrogens with zero attached hydrogens (tertiary/aromatic N) is 1. The molecule has 2 radical (unpaired) electrons. The van der Waals surface area contributed by atoms with Crippen LogP contribution in [0.2, 0.25) is 0 Å². The molecule has 0 atom stereocenters. The first kappa shape index (κ1) is 11.4. The molecule has 0 aliphatic carbocycles. The Morgan fingerprint density at radius 2 is 2.08 bits per heavy atom. The van der Waals surface area contributed by atoms with Crippen molar-refractivity contribution in [1.29, 1.82) is 0 Å². The molecule has 0 N–H and O–H groups in total. The maximum Gasteiger partial charge on any atom is 0.0490 e. The summed E-state index contributed by atoms with van der Waals surface area (Å²) in [5.41, 5.74) is 0. The van der Waals surface area contributed by atoms with Gasteiger partial charge in [-0.2, -0.15) is 0 Å². The Morgan fingerprint density at radius 3 is 2.75 bits per heavy atom. The highest BCUT2D eigenvalue weighted by atomic mass is 14.8. The van der Waals surface area contributed by atoms with Crippen molar-refractivity contribution in [3.8, 4) is 12.0 Å². The normalized spacial score (nSPS) is 8.83. The molecule has 0 aromatic rings. The molecule has 0 amide bonds. The molecule has 1 heteroatoms. The summed E-state index contributed by atoms with van der Waals surface area (Å²) < 4.78 is 0. The van der Waals surface area contributed by atoms with Gasteiger partial charge in [0.15, 0.2) is 0 Å². The Hall–Kier alpha value is -0.640. The smallest absolute Gasteiger partial charge is 0.0490 e. The van der Waals surface area contributed by atoms with E-state index in [2.05, 4.69) is 31.1 Å². The van der Waals surface area contributed by atoms with Crippen LogP contribution in [0, 0.1) is 18.9 Å². The van der Waals surface area contributed by atoms with Gasteiger partial charge >= 0.3 is 0 Å². The molecule has 0 aliphatic rings. The van der Waals surface area contributed by atoms with Crippen molar-refractivity contribution in [2.75, 3.05) is 6.54 Å². The zero-order valence-electron chi connectivity index (χ0n) is 8.10. The highest BCUT2D eigenvalue weighted by Crippen LogP contribution is 1.91. The van der Waals surface area contributed by atoms with Crippen LogP contribution in [0.5, 0.6) is 0 Å². The molecule has 0 aliphatic heterocycles. The topological polar surface area (TPSA) is 14.1 Å². The van der Waals surface area contributed by atoms with E-state index >= 15 is 0 Å². The van der Waals surface area contributed by atoms with E-state index in [1.807, 2.05) is 0 Å². The average molecular weight is 165 g/mol. The van der Waals surface area contributed by atoms with Crippen molar-refractivity contribution in [2.45, 2.75) is 45.4 Å². The summed E-state index contributed by atoms with van der Waals surface area (Å²) >= 11 is 0. The summed E-state index contributed by atoms with van der Waals surface area (Å²) in [4.78, 5) is 0. The van der Waals surface area contributed by atoms with Gasteiger partial charge in [0.25, 0.3) is 0 Å². The lowest BCUT2D eigenvalue weighted by molar-refractivity contribution is 0.685. The molecule has 0 fully saturated rings. The molecule has 0 spiro atoms. The summed E-state index contributed by atoms with van der Waals surface area (Å²) in [6.07, 6.45) is 6.72. The predicted molar refractivity (Wildman–Crippen MR) is 53.5 cm³/mol. The third kappa shape index (κ3) is 9.36. The lowest BCUT2D eigenvalue weighted by atomic mass is 10.2. The monoisotopic (exact) mass is 165 g/mol. The molecule has 0 aromatic heterocycles. The van der Waals surface area contributed by atoms with E-state index in [0.29, 0.717) is 0 Å². The predicted octanol–water partition coefficient (Wildman–Crippen LogP) is 2.75. The van der Waals surface area contributed by atoms with Gasteiger partial charge in [-0.1, -0.05) is 39.0 Å². The largest absolute Gasteiger partial charge is 0.236 e. The molecule has 0 unspecified atom stereocenters. The van der Waals surface area contributed by atoms with Crippen LogP contribution in [0.1, 0.15) is 45.4 Å². The number of rotatable bonds is 6. The van der Waals surface area contributed by atoms with Crippen LogP contribution < -0.4 is 5.32 Å². The zero-order chi connectivity index (χ0) is 9.07. The quantitative estimate of drug-likeness (QED) is 0.424. The third-order valence-corrected chi connectivity index (χ3v) is 1.58. The van der Waals surface area contributed by atoms with Crippen LogP contribution in [0.4, 0.5) is 0 Å². The highest BCUT2D eigenvalue weighted by molar-refractivity contribution is 4.95. The molecule has 0 aromatic carbocycles. The van der Waals surface area contributed by atoms with E-state index in [9.17, 15) is 0 Å². The maximum absolute atomic E-state index is 4.10. The minimum atomic E-state index is 0.908. The molecule has 12 heavy (non-hydrogen) atoms. The van der Waals surface area contributed by atoms with Gasteiger partial charge in [0.1, 0.15) is 0 Å². The molecular formula is C11H19N. The van der Waals surface area contributed by atoms with Gasteiger partial charge in [0.05, 0.1) is 0 Å². The molecule has 0 saturated heterocycles. The summed E-state index contributed by atoms with van der Waals surface area (Å²) in [6, 6.07) is 2.83. The first-order valence-electron chi connectivity index (χ1n) is 4.85. The van der Waals surface area contributed by atoms with Crippen molar-refractivity contribution < 1.29 is 0 Å². The van der Waals surface area contributed by atoms with Crippen LogP contribution >= 0.6 is 0 Å². The van der Waals surface area contributed by atoms with E-state index in [1.165, 1.54) is 19.3 Å². The van der Waals surface area contributed by atoms with Crippen LogP contribution in [0.15, 0.2) is 0 Å². The fraction of sp³-hybridized carbons (Fsp3) is 0.727. The van der Waals surface area contributed by atoms with Gasteiger partial charge < -0.3 is 0 Å². The van der Waals surface area contributed by atoms with E-state index < -0.39 is 0 Å². The Kier molecular flexibility index (Phi) is 9.81. The van der Waals surface area contributed by atoms with Gasteiger partial charge in [-0.05, 0) is 12.8 Å². The van der Waals surface area contributed by atoms with Crippen LogP contribution in [-0.4, -0.2) is 6.54 Å². The third-order valence-electron chi connectivity index (χ3n) is 1.58. The second kappa shape index (κ2) is 10.4. The van der Waals surface area contributed by atoms with Crippen molar-refractivity contribution >= 4 is 0 Å². The number of unbranched alkanes of at least 4 members (excludes halogenated alkanes) is 4. The minimum Gasteiger partial charge on any atom is -0.236 e. The Labute approximate surface area is 76.9 Å². The fourth-order valence-electron chi connectivity index (χ4n) is 0.822. The van der Waals surface area contributed by atoms with E-state index in [4.69, 9.17) is 0 Å². The van der Waals surface area contributed by atoms with Crippen LogP contribution in [0.25, 0.3) is 0 Å². The SMILES string of the molecule is [CH2]CCCC#C[N]CCCCC. The molecule has 0 bridgehead atoms. The van der Waals surface area contributed by atoms with E-state index in [0.717, 1.165) is 25.8 Å². The Balaban J connectivity index is 2.99. The minimum absolute atomic E-state index is 0.908. The van der Waals surface area contributed by atoms with Crippen molar-refractivity contribution in [1.82, 2.24) is 5.32 Å². The van der Waals surface area contributed by atoms with Gasteiger partial charge in [-0.25, -0.2) is 5.32 Å². The van der Waals surface area contributed by atoms with Gasteiger partial charge in [0, 0.05) is 19.0 Å². The van der Waals surface area contributed by atoms with Crippen molar-refractivity contribution in [3.05, 3.63) is 6.92 Å². The van der Waals surface area contributed by atoms with Crippen LogP contribution in [-0.2, 0) is 0 Å². The Morgan fingerprint density at radius 1 is 1.25 bits per heavy atom. The number of hydrogen-bond donors (Lipinski definition) is 0. The van der Waals surface area contributed by atoms with Gasteiger partial charge in [-0.3, -0.25) is 0 Å². The van der Waals surface area contributed by atoms with Gasteiger partial charge in [0.2, 0.25) is 0 Å². The van der Waals surface area contributed by atoms with Crippen molar-refractivity contribution in [2.24, 2.45) is 0 Å². The standard InChI is InChI=1S/C11H19N/c1-3-5-7-9-11-12-10-8-6-4-2/h1,3-8,10H2,2H3. The lowest BCUT2D eigenvalue weighted by Crippen LogP contribution is -1.98. The maximum atomic E-state index is 4.10. The second-order valence-electron chi connectivity index (χ2n) is 2.83. The molecule has 1 nitrogen and oxygen atoms in total. The molecule has 68 valence electrons. The second-order valence-corrected chi connectivity index (χ2v) is 2.83. The molecule has 0 saturated carbocycles. The first-order chi connectivity index (χ1) is 5.91. The number of hydrogen-bond acceptors (Lipinski definition) is 0. The van der Waals surface area contributed by atoms with Crippen molar-refractivity contribution in [3.63, 3.8) is 0 Å². The van der Waals surface area contributed by atoms with E-state index in [-0.39, 0.29) is 0 Å². The molecular weight excluding hydrogens is 146 g/mol. The van der Waals surface area contributed by atoms with Crippen LogP contribution in [0.3, 0.4) is 0 Å². The summed E-state index contributed by atoms with van der Waals surface area (Å²) in [5, 5.41) is 4.10.